The van der Waals surface area contributed by atoms with Crippen LogP contribution >= 0.6 is 0 Å². The van der Waals surface area contributed by atoms with Crippen molar-refractivity contribution in [3.8, 4) is 5.69 Å². The summed E-state index contributed by atoms with van der Waals surface area (Å²) >= 11 is 0. The molecule has 1 aromatic heterocycles. The lowest BCUT2D eigenvalue weighted by molar-refractivity contribution is 0.0571. The zero-order valence-electron chi connectivity index (χ0n) is 17.4. The maximum atomic E-state index is 13.3. The second-order valence-corrected chi connectivity index (χ2v) is 8.70. The molecule has 0 radical (unpaired) electrons. The quantitative estimate of drug-likeness (QED) is 0.604. The van der Waals surface area contributed by atoms with Crippen LogP contribution in [0.25, 0.3) is 5.69 Å². The van der Waals surface area contributed by atoms with Crippen LogP contribution in [0.15, 0.2) is 54.6 Å². The molecule has 4 nitrogen and oxygen atoms in total. The van der Waals surface area contributed by atoms with Crippen LogP contribution in [0.2, 0.25) is 0 Å². The van der Waals surface area contributed by atoms with Gasteiger partial charge in [-0.05, 0) is 93.5 Å². The summed E-state index contributed by atoms with van der Waals surface area (Å²) in [5.74, 6) is 0.332. The Bertz CT molecular complexity index is 1060. The fraction of sp³-hybridized carbons (Fsp3) is 0.360. The molecule has 3 heterocycles. The summed E-state index contributed by atoms with van der Waals surface area (Å²) in [7, 11) is 0. The van der Waals surface area contributed by atoms with Gasteiger partial charge in [0.2, 0.25) is 0 Å². The number of carbonyl (C=O) groups is 1. The van der Waals surface area contributed by atoms with Gasteiger partial charge in [0, 0.05) is 23.3 Å². The van der Waals surface area contributed by atoms with Crippen LogP contribution in [0.1, 0.15) is 58.9 Å². The van der Waals surface area contributed by atoms with Crippen molar-refractivity contribution in [2.45, 2.75) is 57.5 Å². The first-order chi connectivity index (χ1) is 14.5. The Kier molecular flexibility index (Phi) is 4.69. The van der Waals surface area contributed by atoms with E-state index in [1.165, 1.54) is 5.56 Å². The molecule has 0 N–H and O–H groups in total. The number of aromatic nitrogens is 2. The summed E-state index contributed by atoms with van der Waals surface area (Å²) in [4.78, 5) is 15.4. The Morgan fingerprint density at radius 1 is 0.967 bits per heavy atom. The van der Waals surface area contributed by atoms with Crippen molar-refractivity contribution >= 4 is 5.91 Å². The molecule has 5 heteroatoms. The molecular weight excluding hydrogens is 377 g/mol. The molecular formula is C25H26FN3O. The van der Waals surface area contributed by atoms with Crippen LogP contribution in [0.5, 0.6) is 0 Å². The fourth-order valence-corrected chi connectivity index (χ4v) is 5.30. The molecule has 2 atom stereocenters. The first kappa shape index (κ1) is 19.0. The van der Waals surface area contributed by atoms with E-state index in [2.05, 4.69) is 10.00 Å². The van der Waals surface area contributed by atoms with Crippen LogP contribution in [-0.4, -0.2) is 32.7 Å². The molecule has 2 unspecified atom stereocenters. The van der Waals surface area contributed by atoms with Gasteiger partial charge in [-0.3, -0.25) is 4.79 Å². The Balaban J connectivity index is 1.33. The molecule has 2 fully saturated rings. The Morgan fingerprint density at radius 2 is 1.60 bits per heavy atom. The minimum absolute atomic E-state index is 0.125. The number of benzene rings is 2. The van der Waals surface area contributed by atoms with Gasteiger partial charge in [0.25, 0.3) is 5.91 Å². The highest BCUT2D eigenvalue weighted by Gasteiger charge is 2.43. The number of halogens is 1. The molecule has 2 saturated heterocycles. The van der Waals surface area contributed by atoms with E-state index >= 15 is 0 Å². The Labute approximate surface area is 176 Å². The minimum atomic E-state index is -0.196. The van der Waals surface area contributed by atoms with Crippen LogP contribution in [-0.2, 0) is 0 Å². The number of aryl methyl sites for hydroxylation is 2. The molecule has 2 bridgehead atoms. The lowest BCUT2D eigenvalue weighted by atomic mass is 9.85. The second kappa shape index (κ2) is 7.38. The van der Waals surface area contributed by atoms with Crippen molar-refractivity contribution < 1.29 is 9.18 Å². The van der Waals surface area contributed by atoms with Gasteiger partial charge < -0.3 is 4.90 Å². The molecule has 154 valence electrons. The van der Waals surface area contributed by atoms with Crippen molar-refractivity contribution in [2.24, 2.45) is 0 Å². The third kappa shape index (κ3) is 3.32. The maximum absolute atomic E-state index is 13.3. The van der Waals surface area contributed by atoms with Gasteiger partial charge in [0.1, 0.15) is 5.82 Å². The van der Waals surface area contributed by atoms with E-state index in [0.717, 1.165) is 48.3 Å². The number of hydrogen-bond acceptors (Lipinski definition) is 2. The summed E-state index contributed by atoms with van der Waals surface area (Å²) in [6.45, 7) is 4.01. The number of rotatable bonds is 3. The molecule has 1 amide bonds. The van der Waals surface area contributed by atoms with Crippen molar-refractivity contribution in [3.63, 3.8) is 0 Å². The number of hydrogen-bond donors (Lipinski definition) is 0. The van der Waals surface area contributed by atoms with Crippen molar-refractivity contribution in [1.29, 1.82) is 0 Å². The SMILES string of the molecule is Cc1cc(C)n(-c2ccc(C(=O)N3C4CCC3CC(c3ccc(F)cc3)C4)cc2)n1. The maximum Gasteiger partial charge on any atom is 0.254 e. The number of carbonyl (C=O) groups excluding carboxylic acids is 1. The second-order valence-electron chi connectivity index (χ2n) is 8.70. The van der Waals surface area contributed by atoms with E-state index < -0.39 is 0 Å². The minimum Gasteiger partial charge on any atom is -0.333 e. The highest BCUT2D eigenvalue weighted by atomic mass is 19.1. The van der Waals surface area contributed by atoms with Crippen LogP contribution in [0.4, 0.5) is 4.39 Å². The van der Waals surface area contributed by atoms with E-state index in [9.17, 15) is 9.18 Å². The predicted octanol–water partition coefficient (Wildman–Crippen LogP) is 5.18. The van der Waals surface area contributed by atoms with E-state index in [1.807, 2.05) is 61.0 Å². The van der Waals surface area contributed by atoms with Gasteiger partial charge in [-0.25, -0.2) is 9.07 Å². The van der Waals surface area contributed by atoms with Gasteiger partial charge in [-0.15, -0.1) is 0 Å². The van der Waals surface area contributed by atoms with Crippen molar-refractivity contribution in [3.05, 3.63) is 82.9 Å². The average molecular weight is 404 g/mol. The molecule has 0 aliphatic carbocycles. The summed E-state index contributed by atoms with van der Waals surface area (Å²) < 4.78 is 15.2. The van der Waals surface area contributed by atoms with E-state index in [1.54, 1.807) is 12.1 Å². The molecule has 3 aromatic rings. The lowest BCUT2D eigenvalue weighted by Gasteiger charge is -2.39. The van der Waals surface area contributed by atoms with Crippen molar-refractivity contribution in [1.82, 2.24) is 14.7 Å². The average Bonchev–Trinajstić information content (AvgIpc) is 3.22. The predicted molar refractivity (Wildman–Crippen MR) is 114 cm³/mol. The Hall–Kier alpha value is -2.95. The van der Waals surface area contributed by atoms with Gasteiger partial charge in [0.15, 0.2) is 0 Å². The highest BCUT2D eigenvalue weighted by molar-refractivity contribution is 5.95. The summed E-state index contributed by atoms with van der Waals surface area (Å²) in [5.41, 5.74) is 4.95. The zero-order chi connectivity index (χ0) is 20.8. The topological polar surface area (TPSA) is 38.1 Å². The van der Waals surface area contributed by atoms with Gasteiger partial charge in [-0.1, -0.05) is 12.1 Å². The van der Waals surface area contributed by atoms with Crippen molar-refractivity contribution in [2.75, 3.05) is 0 Å². The number of amides is 1. The number of piperidine rings is 1. The summed E-state index contributed by atoms with van der Waals surface area (Å²) in [6.07, 6.45) is 4.02. The fourth-order valence-electron chi connectivity index (χ4n) is 5.30. The normalized spacial score (nSPS) is 23.0. The first-order valence-electron chi connectivity index (χ1n) is 10.7. The van der Waals surface area contributed by atoms with E-state index in [-0.39, 0.29) is 23.8 Å². The smallest absolute Gasteiger partial charge is 0.254 e. The summed E-state index contributed by atoms with van der Waals surface area (Å²) in [6, 6.07) is 17.2. The highest BCUT2D eigenvalue weighted by Crippen LogP contribution is 2.43. The first-order valence-corrected chi connectivity index (χ1v) is 10.7. The molecule has 5 rings (SSSR count). The van der Waals surface area contributed by atoms with Crippen LogP contribution in [0, 0.1) is 19.7 Å². The lowest BCUT2D eigenvalue weighted by Crippen LogP contribution is -2.46. The van der Waals surface area contributed by atoms with E-state index in [0.29, 0.717) is 5.92 Å². The van der Waals surface area contributed by atoms with Gasteiger partial charge in [0.05, 0.1) is 11.4 Å². The number of nitrogens with zero attached hydrogens (tertiary/aromatic N) is 3. The molecule has 2 aliphatic rings. The van der Waals surface area contributed by atoms with Gasteiger partial charge >= 0.3 is 0 Å². The Morgan fingerprint density at radius 3 is 2.17 bits per heavy atom. The molecule has 0 saturated carbocycles. The van der Waals surface area contributed by atoms with E-state index in [4.69, 9.17) is 0 Å². The summed E-state index contributed by atoms with van der Waals surface area (Å²) in [5, 5.41) is 4.52. The molecule has 30 heavy (non-hydrogen) atoms. The third-order valence-corrected chi connectivity index (χ3v) is 6.68. The molecule has 2 aromatic carbocycles. The van der Waals surface area contributed by atoms with Crippen LogP contribution < -0.4 is 0 Å². The monoisotopic (exact) mass is 403 g/mol. The zero-order valence-corrected chi connectivity index (χ0v) is 17.4. The largest absolute Gasteiger partial charge is 0.333 e. The third-order valence-electron chi connectivity index (χ3n) is 6.68. The van der Waals surface area contributed by atoms with Gasteiger partial charge in [-0.2, -0.15) is 5.10 Å². The number of fused-ring (bicyclic) bond motifs is 2. The van der Waals surface area contributed by atoms with Crippen LogP contribution in [0.3, 0.4) is 0 Å². The standard InChI is InChI=1S/C25H26FN3O/c1-16-13-17(2)29(27-16)22-9-5-19(6-10-22)25(30)28-23-11-12-24(28)15-20(14-23)18-3-7-21(26)8-4-18/h3-10,13,20,23-24H,11-12,14-15H2,1-2H3. The molecule has 2 aliphatic heterocycles. The molecule has 0 spiro atoms.